The molecule has 2 aromatic rings. The van der Waals surface area contributed by atoms with Crippen LogP contribution in [0.25, 0.3) is 5.57 Å². The van der Waals surface area contributed by atoms with Gasteiger partial charge in [-0.1, -0.05) is 18.2 Å². The van der Waals surface area contributed by atoms with Gasteiger partial charge in [0, 0.05) is 31.3 Å². The Labute approximate surface area is 178 Å². The minimum Gasteiger partial charge on any atom is -0.466 e. The van der Waals surface area contributed by atoms with E-state index in [2.05, 4.69) is 5.32 Å². The maximum atomic E-state index is 13.8. The second kappa shape index (κ2) is 9.51. The standard InChI is InChI=1S/C23H22F2N2O4/c1-14(28)27-12-10-17(18(11-13-27)23(30)31-2)15-6-8-16(9-7-15)26-22(29)21-19(24)4-3-5-20(21)25/h3-9H,10-13H2,1-2H3,(H,26,29). The summed E-state index contributed by atoms with van der Waals surface area (Å²) >= 11 is 0. The summed E-state index contributed by atoms with van der Waals surface area (Å²) in [6, 6.07) is 9.78. The zero-order valence-corrected chi connectivity index (χ0v) is 17.2. The van der Waals surface area contributed by atoms with Crippen molar-refractivity contribution in [2.45, 2.75) is 19.8 Å². The van der Waals surface area contributed by atoms with Gasteiger partial charge in [-0.05, 0) is 48.2 Å². The number of benzene rings is 2. The first-order chi connectivity index (χ1) is 14.8. The highest BCUT2D eigenvalue weighted by Gasteiger charge is 2.24. The molecule has 0 radical (unpaired) electrons. The van der Waals surface area contributed by atoms with Crippen molar-refractivity contribution >= 4 is 29.0 Å². The highest BCUT2D eigenvalue weighted by Crippen LogP contribution is 2.29. The number of ether oxygens (including phenoxy) is 1. The van der Waals surface area contributed by atoms with Gasteiger partial charge in [0.15, 0.2) is 0 Å². The molecule has 162 valence electrons. The molecule has 2 amide bonds. The molecule has 3 rings (SSSR count). The molecule has 8 heteroatoms. The molecule has 2 aromatic carbocycles. The summed E-state index contributed by atoms with van der Waals surface area (Å²) in [7, 11) is 1.31. The molecule has 6 nitrogen and oxygen atoms in total. The number of hydrogen-bond donors (Lipinski definition) is 1. The maximum Gasteiger partial charge on any atom is 0.334 e. The van der Waals surface area contributed by atoms with Crippen molar-refractivity contribution in [1.29, 1.82) is 0 Å². The third kappa shape index (κ3) is 4.96. The van der Waals surface area contributed by atoms with Crippen LogP contribution in [0.5, 0.6) is 0 Å². The SMILES string of the molecule is COC(=O)C1=C(c2ccc(NC(=O)c3c(F)cccc3F)cc2)CCN(C(C)=O)CC1. The number of esters is 1. The van der Waals surface area contributed by atoms with Crippen LogP contribution in [-0.4, -0.2) is 42.9 Å². The molecule has 31 heavy (non-hydrogen) atoms. The largest absolute Gasteiger partial charge is 0.466 e. The van der Waals surface area contributed by atoms with E-state index in [0.717, 1.165) is 23.3 Å². The normalized spacial score (nSPS) is 14.1. The lowest BCUT2D eigenvalue weighted by molar-refractivity contribution is -0.136. The average Bonchev–Trinajstić information content (AvgIpc) is 2.97. The highest BCUT2D eigenvalue weighted by molar-refractivity contribution is 6.05. The van der Waals surface area contributed by atoms with Gasteiger partial charge in [-0.15, -0.1) is 0 Å². The van der Waals surface area contributed by atoms with E-state index < -0.39 is 29.1 Å². The van der Waals surface area contributed by atoms with Gasteiger partial charge in [-0.2, -0.15) is 0 Å². The molecule has 0 bridgehead atoms. The van der Waals surface area contributed by atoms with Gasteiger partial charge in [0.2, 0.25) is 5.91 Å². The smallest absolute Gasteiger partial charge is 0.334 e. The van der Waals surface area contributed by atoms with Crippen molar-refractivity contribution in [2.24, 2.45) is 0 Å². The van der Waals surface area contributed by atoms with Crippen molar-refractivity contribution < 1.29 is 27.9 Å². The lowest BCUT2D eigenvalue weighted by atomic mass is 9.96. The first kappa shape index (κ1) is 22.1. The number of nitrogens with zero attached hydrogens (tertiary/aromatic N) is 1. The van der Waals surface area contributed by atoms with Crippen LogP contribution >= 0.6 is 0 Å². The molecule has 1 heterocycles. The average molecular weight is 428 g/mol. The Balaban J connectivity index is 1.84. The van der Waals surface area contributed by atoms with Gasteiger partial charge >= 0.3 is 5.97 Å². The van der Waals surface area contributed by atoms with E-state index in [-0.39, 0.29) is 5.91 Å². The molecule has 0 fully saturated rings. The van der Waals surface area contributed by atoms with Crippen molar-refractivity contribution in [3.63, 3.8) is 0 Å². The Morgan fingerprint density at radius 1 is 0.968 bits per heavy atom. The monoisotopic (exact) mass is 428 g/mol. The molecular weight excluding hydrogens is 406 g/mol. The molecule has 0 saturated heterocycles. The summed E-state index contributed by atoms with van der Waals surface area (Å²) in [6.07, 6.45) is 0.836. The predicted octanol–water partition coefficient (Wildman–Crippen LogP) is 3.79. The number of halogens is 2. The second-order valence-electron chi connectivity index (χ2n) is 7.08. The number of nitrogens with one attached hydrogen (secondary N) is 1. The minimum absolute atomic E-state index is 0.0658. The van der Waals surface area contributed by atoms with Crippen LogP contribution < -0.4 is 5.32 Å². The summed E-state index contributed by atoms with van der Waals surface area (Å²) in [5.41, 5.74) is 1.68. The Kier molecular flexibility index (Phi) is 6.79. The molecule has 1 N–H and O–H groups in total. The van der Waals surface area contributed by atoms with E-state index >= 15 is 0 Å². The topological polar surface area (TPSA) is 75.7 Å². The molecule has 1 aliphatic heterocycles. The molecule has 1 aliphatic rings. The number of methoxy groups -OCH3 is 1. The first-order valence-electron chi connectivity index (χ1n) is 9.73. The van der Waals surface area contributed by atoms with E-state index in [4.69, 9.17) is 4.74 Å². The lowest BCUT2D eigenvalue weighted by Crippen LogP contribution is -2.29. The second-order valence-corrected chi connectivity index (χ2v) is 7.08. The van der Waals surface area contributed by atoms with Gasteiger partial charge in [0.05, 0.1) is 7.11 Å². The lowest BCUT2D eigenvalue weighted by Gasteiger charge is -2.18. The molecule has 0 unspecified atom stereocenters. The highest BCUT2D eigenvalue weighted by atomic mass is 19.1. The number of amides is 2. The fraction of sp³-hybridized carbons (Fsp3) is 0.261. The first-order valence-corrected chi connectivity index (χ1v) is 9.73. The zero-order valence-electron chi connectivity index (χ0n) is 17.2. The van der Waals surface area contributed by atoms with Crippen LogP contribution in [0, 0.1) is 11.6 Å². The van der Waals surface area contributed by atoms with E-state index in [1.54, 1.807) is 29.2 Å². The van der Waals surface area contributed by atoms with Crippen LogP contribution in [-0.2, 0) is 14.3 Å². The van der Waals surface area contributed by atoms with Gasteiger partial charge < -0.3 is 15.0 Å². The van der Waals surface area contributed by atoms with Crippen LogP contribution in [0.3, 0.4) is 0 Å². The third-order valence-electron chi connectivity index (χ3n) is 5.19. The van der Waals surface area contributed by atoms with Gasteiger partial charge in [0.25, 0.3) is 5.91 Å². The zero-order chi connectivity index (χ0) is 22.5. The molecule has 0 atom stereocenters. The van der Waals surface area contributed by atoms with Crippen molar-refractivity contribution in [3.05, 3.63) is 70.8 Å². The Bertz CT molecular complexity index is 1030. The summed E-state index contributed by atoms with van der Waals surface area (Å²) in [5.74, 6) is -3.31. The Morgan fingerprint density at radius 2 is 1.58 bits per heavy atom. The van der Waals surface area contributed by atoms with Crippen LogP contribution in [0.2, 0.25) is 0 Å². The summed E-state index contributed by atoms with van der Waals surface area (Å²) in [4.78, 5) is 38.0. The predicted molar refractivity (Wildman–Crippen MR) is 111 cm³/mol. The molecular formula is C23H22F2N2O4. The number of hydrogen-bond acceptors (Lipinski definition) is 4. The Morgan fingerprint density at radius 3 is 2.16 bits per heavy atom. The van der Waals surface area contributed by atoms with Gasteiger partial charge in [0.1, 0.15) is 17.2 Å². The van der Waals surface area contributed by atoms with E-state index in [0.29, 0.717) is 37.2 Å². The van der Waals surface area contributed by atoms with Crippen LogP contribution in [0.1, 0.15) is 35.7 Å². The number of carbonyl (C=O) groups is 3. The van der Waals surface area contributed by atoms with E-state index in [1.165, 1.54) is 20.1 Å². The van der Waals surface area contributed by atoms with E-state index in [9.17, 15) is 23.2 Å². The maximum absolute atomic E-state index is 13.8. The summed E-state index contributed by atoms with van der Waals surface area (Å²) < 4.78 is 32.5. The minimum atomic E-state index is -0.949. The fourth-order valence-corrected chi connectivity index (χ4v) is 3.55. The Hall–Kier alpha value is -3.55. The van der Waals surface area contributed by atoms with Crippen molar-refractivity contribution in [3.8, 4) is 0 Å². The van der Waals surface area contributed by atoms with Gasteiger partial charge in [-0.3, -0.25) is 9.59 Å². The number of rotatable bonds is 4. The summed E-state index contributed by atoms with van der Waals surface area (Å²) in [6.45, 7) is 2.38. The number of anilines is 1. The number of carbonyl (C=O) groups excluding carboxylic acids is 3. The molecule has 0 spiro atoms. The van der Waals surface area contributed by atoms with Gasteiger partial charge in [-0.25, -0.2) is 13.6 Å². The van der Waals surface area contributed by atoms with Crippen molar-refractivity contribution in [1.82, 2.24) is 4.90 Å². The third-order valence-corrected chi connectivity index (χ3v) is 5.19. The molecule has 0 aliphatic carbocycles. The van der Waals surface area contributed by atoms with Crippen LogP contribution in [0.15, 0.2) is 48.0 Å². The van der Waals surface area contributed by atoms with Crippen molar-refractivity contribution in [2.75, 3.05) is 25.5 Å². The molecule has 0 aromatic heterocycles. The van der Waals surface area contributed by atoms with E-state index in [1.807, 2.05) is 0 Å². The fourth-order valence-electron chi connectivity index (χ4n) is 3.55. The quantitative estimate of drug-likeness (QED) is 0.752. The summed E-state index contributed by atoms with van der Waals surface area (Å²) in [5, 5.41) is 2.47. The van der Waals surface area contributed by atoms with Crippen LogP contribution in [0.4, 0.5) is 14.5 Å². The molecule has 0 saturated carbocycles.